The molecule has 1 amide bonds. The van der Waals surface area contributed by atoms with Crippen LogP contribution in [0.1, 0.15) is 5.56 Å². The number of allylic oxidation sites excluding steroid dienone is 2. The molecule has 1 fully saturated rings. The van der Waals surface area contributed by atoms with E-state index < -0.39 is 0 Å². The van der Waals surface area contributed by atoms with Crippen LogP contribution in [0.15, 0.2) is 89.9 Å². The number of thioether (sulfide) groups is 1. The lowest BCUT2D eigenvalue weighted by Gasteiger charge is -2.17. The minimum Gasteiger partial charge on any atom is -0.268 e. The van der Waals surface area contributed by atoms with Gasteiger partial charge in [-0.2, -0.15) is 0 Å². The largest absolute Gasteiger partial charge is 0.270 e. The Morgan fingerprint density at radius 3 is 2.46 bits per heavy atom. The lowest BCUT2D eigenvalue weighted by atomic mass is 10.1. The van der Waals surface area contributed by atoms with Crippen LogP contribution >= 0.6 is 24.0 Å². The third kappa shape index (κ3) is 3.21. The molecule has 0 radical (unpaired) electrons. The molecule has 0 N–H and O–H groups in total. The molecule has 0 atom stereocenters. The number of carbonyl (C=O) groups is 1. The van der Waals surface area contributed by atoms with E-state index >= 15 is 0 Å². The van der Waals surface area contributed by atoms with Gasteiger partial charge in [-0.3, -0.25) is 9.69 Å². The SMILES string of the molecule is O=C1/C(=C/C=C/c2ccccc2)SC(=S)N1c1cccc2ccccc12. The van der Waals surface area contributed by atoms with Gasteiger partial charge in [0.05, 0.1) is 10.6 Å². The van der Waals surface area contributed by atoms with Crippen LogP contribution in [0.25, 0.3) is 16.8 Å². The van der Waals surface area contributed by atoms with E-state index in [9.17, 15) is 4.79 Å². The Balaban J connectivity index is 1.65. The molecule has 2 nitrogen and oxygen atoms in total. The van der Waals surface area contributed by atoms with Crippen molar-refractivity contribution in [3.05, 3.63) is 95.4 Å². The normalized spacial score (nSPS) is 16.3. The average molecular weight is 374 g/mol. The fourth-order valence-corrected chi connectivity index (χ4v) is 4.14. The van der Waals surface area contributed by atoms with E-state index in [2.05, 4.69) is 0 Å². The fourth-order valence-electron chi connectivity index (χ4n) is 2.90. The first-order valence-electron chi connectivity index (χ1n) is 8.21. The number of thiocarbonyl (C=S) groups is 1. The van der Waals surface area contributed by atoms with Crippen LogP contribution in [-0.4, -0.2) is 10.2 Å². The van der Waals surface area contributed by atoms with Gasteiger partial charge >= 0.3 is 0 Å². The highest BCUT2D eigenvalue weighted by Gasteiger charge is 2.33. The third-order valence-corrected chi connectivity index (χ3v) is 5.46. The summed E-state index contributed by atoms with van der Waals surface area (Å²) >= 11 is 6.82. The minimum atomic E-state index is -0.0749. The van der Waals surface area contributed by atoms with Crippen molar-refractivity contribution in [2.75, 3.05) is 4.90 Å². The van der Waals surface area contributed by atoms with Crippen molar-refractivity contribution in [1.29, 1.82) is 0 Å². The molecule has 4 heteroatoms. The van der Waals surface area contributed by atoms with Crippen LogP contribution in [0.4, 0.5) is 5.69 Å². The number of amides is 1. The molecule has 0 aromatic heterocycles. The molecule has 0 spiro atoms. The second-order valence-corrected chi connectivity index (χ2v) is 7.48. The maximum absolute atomic E-state index is 12.9. The summed E-state index contributed by atoms with van der Waals surface area (Å²) in [6.07, 6.45) is 5.70. The van der Waals surface area contributed by atoms with E-state index in [-0.39, 0.29) is 5.91 Å². The van der Waals surface area contributed by atoms with Crippen molar-refractivity contribution >= 4 is 56.7 Å². The molecule has 126 valence electrons. The van der Waals surface area contributed by atoms with Gasteiger partial charge in [0.15, 0.2) is 4.32 Å². The van der Waals surface area contributed by atoms with Crippen molar-refractivity contribution in [3.8, 4) is 0 Å². The van der Waals surface area contributed by atoms with Crippen molar-refractivity contribution in [2.24, 2.45) is 0 Å². The summed E-state index contributed by atoms with van der Waals surface area (Å²) in [7, 11) is 0. The van der Waals surface area contributed by atoms with Gasteiger partial charge in [-0.15, -0.1) is 0 Å². The monoisotopic (exact) mass is 373 g/mol. The van der Waals surface area contributed by atoms with Crippen LogP contribution in [0.3, 0.4) is 0 Å². The number of anilines is 1. The van der Waals surface area contributed by atoms with E-state index in [1.165, 1.54) is 11.8 Å². The first-order valence-corrected chi connectivity index (χ1v) is 9.44. The van der Waals surface area contributed by atoms with Gasteiger partial charge < -0.3 is 0 Å². The second kappa shape index (κ2) is 7.28. The van der Waals surface area contributed by atoms with Gasteiger partial charge in [-0.05, 0) is 23.1 Å². The van der Waals surface area contributed by atoms with E-state index in [1.807, 2.05) is 91.0 Å². The lowest BCUT2D eigenvalue weighted by Crippen LogP contribution is -2.27. The van der Waals surface area contributed by atoms with Gasteiger partial charge in [0.25, 0.3) is 5.91 Å². The maximum Gasteiger partial charge on any atom is 0.270 e. The van der Waals surface area contributed by atoms with Crippen LogP contribution < -0.4 is 4.90 Å². The Hall–Kier alpha value is -2.69. The standard InChI is InChI=1S/C22H15NOS2/c24-21-20(15-6-10-16-8-2-1-3-9-16)26-22(25)23(21)19-14-7-12-17-11-4-5-13-18(17)19/h1-15H/b10-6+,20-15-. The van der Waals surface area contributed by atoms with E-state index in [4.69, 9.17) is 12.2 Å². The molecule has 1 aliphatic rings. The first kappa shape index (κ1) is 16.8. The molecule has 0 unspecified atom stereocenters. The highest BCUT2D eigenvalue weighted by atomic mass is 32.2. The summed E-state index contributed by atoms with van der Waals surface area (Å²) in [6, 6.07) is 23.9. The Morgan fingerprint density at radius 1 is 0.885 bits per heavy atom. The molecule has 3 aromatic carbocycles. The molecular weight excluding hydrogens is 358 g/mol. The molecule has 3 aromatic rings. The second-order valence-electron chi connectivity index (χ2n) is 5.81. The topological polar surface area (TPSA) is 20.3 Å². The summed E-state index contributed by atoms with van der Waals surface area (Å²) in [5, 5.41) is 2.11. The number of fused-ring (bicyclic) bond motifs is 1. The zero-order chi connectivity index (χ0) is 17.9. The van der Waals surface area contributed by atoms with Crippen LogP contribution in [0, 0.1) is 0 Å². The third-order valence-electron chi connectivity index (χ3n) is 4.14. The molecule has 1 heterocycles. The van der Waals surface area contributed by atoms with Gasteiger partial charge in [0.2, 0.25) is 0 Å². The molecule has 1 saturated heterocycles. The molecule has 0 saturated carbocycles. The smallest absolute Gasteiger partial charge is 0.268 e. The van der Waals surface area contributed by atoms with Gasteiger partial charge in [0, 0.05) is 5.39 Å². The predicted molar refractivity (Wildman–Crippen MR) is 115 cm³/mol. The lowest BCUT2D eigenvalue weighted by molar-refractivity contribution is -0.113. The molecule has 0 bridgehead atoms. The number of hydrogen-bond donors (Lipinski definition) is 0. The molecule has 0 aliphatic carbocycles. The Labute approximate surface area is 161 Å². The van der Waals surface area contributed by atoms with E-state index in [1.54, 1.807) is 4.90 Å². The zero-order valence-corrected chi connectivity index (χ0v) is 15.5. The summed E-state index contributed by atoms with van der Waals surface area (Å²) in [6.45, 7) is 0. The molecule has 1 aliphatic heterocycles. The summed E-state index contributed by atoms with van der Waals surface area (Å²) in [5.74, 6) is -0.0749. The Bertz CT molecular complexity index is 1050. The average Bonchev–Trinajstić information content (AvgIpc) is 2.96. The number of nitrogens with zero attached hydrogens (tertiary/aromatic N) is 1. The first-order chi connectivity index (χ1) is 12.7. The van der Waals surface area contributed by atoms with Crippen LogP contribution in [0.2, 0.25) is 0 Å². The summed E-state index contributed by atoms with van der Waals surface area (Å²) < 4.78 is 0.561. The highest BCUT2D eigenvalue weighted by Crippen LogP contribution is 2.38. The number of benzene rings is 3. The number of carbonyl (C=O) groups excluding carboxylic acids is 1. The maximum atomic E-state index is 12.9. The van der Waals surface area contributed by atoms with Crippen molar-refractivity contribution in [3.63, 3.8) is 0 Å². The minimum absolute atomic E-state index is 0.0749. The predicted octanol–water partition coefficient (Wildman–Crippen LogP) is 5.80. The van der Waals surface area contributed by atoms with Crippen LogP contribution in [-0.2, 0) is 4.79 Å². The van der Waals surface area contributed by atoms with Crippen LogP contribution in [0.5, 0.6) is 0 Å². The molecule has 26 heavy (non-hydrogen) atoms. The van der Waals surface area contributed by atoms with Crippen molar-refractivity contribution < 1.29 is 4.79 Å². The summed E-state index contributed by atoms with van der Waals surface area (Å²) in [5.41, 5.74) is 1.93. The summed E-state index contributed by atoms with van der Waals surface area (Å²) in [4.78, 5) is 15.2. The van der Waals surface area contributed by atoms with E-state index in [0.29, 0.717) is 9.23 Å². The van der Waals surface area contributed by atoms with Gasteiger partial charge in [-0.1, -0.05) is 103 Å². The van der Waals surface area contributed by atoms with Crippen molar-refractivity contribution in [2.45, 2.75) is 0 Å². The number of rotatable bonds is 3. The zero-order valence-electron chi connectivity index (χ0n) is 13.8. The quantitative estimate of drug-likeness (QED) is 0.427. The Morgan fingerprint density at radius 2 is 1.62 bits per heavy atom. The van der Waals surface area contributed by atoms with Gasteiger partial charge in [0.1, 0.15) is 0 Å². The molecule has 4 rings (SSSR count). The fraction of sp³-hybridized carbons (Fsp3) is 0. The van der Waals surface area contributed by atoms with Gasteiger partial charge in [-0.25, -0.2) is 0 Å². The van der Waals surface area contributed by atoms with Crippen molar-refractivity contribution in [1.82, 2.24) is 0 Å². The molecular formula is C22H15NOS2. The highest BCUT2D eigenvalue weighted by molar-refractivity contribution is 8.27. The van der Waals surface area contributed by atoms with E-state index in [0.717, 1.165) is 22.0 Å². The number of hydrogen-bond acceptors (Lipinski definition) is 3. The Kier molecular flexibility index (Phi) is 4.69.